The van der Waals surface area contributed by atoms with Crippen LogP contribution in [0.1, 0.15) is 24.8 Å². The second-order valence-corrected chi connectivity index (χ2v) is 4.28. The molecule has 2 unspecified atom stereocenters. The average molecular weight is 269 g/mol. The second-order valence-electron chi connectivity index (χ2n) is 4.28. The molecule has 4 nitrogen and oxygen atoms in total. The Morgan fingerprint density at radius 1 is 1.42 bits per heavy atom. The zero-order valence-electron chi connectivity index (χ0n) is 10.3. The van der Waals surface area contributed by atoms with Crippen LogP contribution < -0.4 is 5.32 Å². The van der Waals surface area contributed by atoms with Gasteiger partial charge in [0.25, 0.3) is 0 Å². The van der Waals surface area contributed by atoms with E-state index in [2.05, 4.69) is 5.32 Å². The van der Waals surface area contributed by atoms with Crippen LogP contribution in [-0.2, 0) is 14.3 Å². The molecule has 19 heavy (non-hydrogen) atoms. The van der Waals surface area contributed by atoms with Crippen molar-refractivity contribution >= 4 is 11.9 Å². The van der Waals surface area contributed by atoms with Gasteiger partial charge in [0.05, 0.1) is 6.61 Å². The van der Waals surface area contributed by atoms with E-state index in [1.807, 2.05) is 0 Å². The molecule has 0 spiro atoms. The number of nitrogens with one attached hydrogen (secondary N) is 1. The molecule has 1 aliphatic heterocycles. The van der Waals surface area contributed by atoms with Crippen LogP contribution in [0.25, 0.3) is 0 Å². The second kappa shape index (κ2) is 5.34. The number of halogens is 2. The van der Waals surface area contributed by atoms with Crippen LogP contribution in [0.5, 0.6) is 0 Å². The molecule has 0 radical (unpaired) electrons. The maximum Gasteiger partial charge on any atom is 0.329 e. The molecule has 0 aromatic heterocycles. The number of hydrogen-bond donors (Lipinski definition) is 1. The van der Waals surface area contributed by atoms with E-state index in [-0.39, 0.29) is 18.9 Å². The zero-order chi connectivity index (χ0) is 14.0. The van der Waals surface area contributed by atoms with Crippen LogP contribution in [0.15, 0.2) is 18.2 Å². The minimum absolute atomic E-state index is 0.0502. The van der Waals surface area contributed by atoms with Gasteiger partial charge in [0.2, 0.25) is 5.91 Å². The summed E-state index contributed by atoms with van der Waals surface area (Å²) in [6.45, 7) is 1.84. The molecule has 6 heteroatoms. The first-order valence-electron chi connectivity index (χ1n) is 5.94. The Morgan fingerprint density at radius 2 is 2.16 bits per heavy atom. The van der Waals surface area contributed by atoms with E-state index in [1.54, 1.807) is 6.92 Å². The normalized spacial score (nSPS) is 22.2. The van der Waals surface area contributed by atoms with Crippen LogP contribution >= 0.6 is 0 Å². The van der Waals surface area contributed by atoms with Crippen LogP contribution in [0.4, 0.5) is 8.78 Å². The largest absolute Gasteiger partial charge is 0.464 e. The van der Waals surface area contributed by atoms with E-state index < -0.39 is 29.6 Å². The molecule has 1 aromatic rings. The Morgan fingerprint density at radius 3 is 2.79 bits per heavy atom. The highest BCUT2D eigenvalue weighted by molar-refractivity contribution is 5.90. The van der Waals surface area contributed by atoms with Crippen molar-refractivity contribution in [2.45, 2.75) is 25.3 Å². The molecule has 1 fully saturated rings. The maximum atomic E-state index is 13.2. The van der Waals surface area contributed by atoms with Crippen molar-refractivity contribution in [3.63, 3.8) is 0 Å². The van der Waals surface area contributed by atoms with Crippen LogP contribution in [0, 0.1) is 11.6 Å². The summed E-state index contributed by atoms with van der Waals surface area (Å²) in [6.07, 6.45) is 0.0502. The van der Waals surface area contributed by atoms with E-state index in [0.29, 0.717) is 5.56 Å². The number of rotatable bonds is 3. The molecule has 2 rings (SSSR count). The molecule has 102 valence electrons. The summed E-state index contributed by atoms with van der Waals surface area (Å²) >= 11 is 0. The lowest BCUT2D eigenvalue weighted by Crippen LogP contribution is -2.37. The molecule has 1 saturated heterocycles. The van der Waals surface area contributed by atoms with Crippen LogP contribution in [-0.4, -0.2) is 24.5 Å². The van der Waals surface area contributed by atoms with Crippen molar-refractivity contribution in [3.8, 4) is 0 Å². The van der Waals surface area contributed by atoms with Gasteiger partial charge in [-0.3, -0.25) is 4.79 Å². The van der Waals surface area contributed by atoms with Gasteiger partial charge in [0, 0.05) is 12.3 Å². The molecule has 1 N–H and O–H groups in total. The highest BCUT2D eigenvalue weighted by atomic mass is 19.2. The third kappa shape index (κ3) is 2.72. The molecule has 2 atom stereocenters. The number of hydrogen-bond acceptors (Lipinski definition) is 3. The summed E-state index contributed by atoms with van der Waals surface area (Å²) in [5.74, 6) is -3.38. The van der Waals surface area contributed by atoms with Gasteiger partial charge >= 0.3 is 5.97 Å². The predicted octanol–water partition coefficient (Wildman–Crippen LogP) is 1.50. The molecule has 1 amide bonds. The predicted molar refractivity (Wildman–Crippen MR) is 62.3 cm³/mol. The Kier molecular flexibility index (Phi) is 3.78. The topological polar surface area (TPSA) is 55.4 Å². The van der Waals surface area contributed by atoms with Crippen LogP contribution in [0.2, 0.25) is 0 Å². The van der Waals surface area contributed by atoms with E-state index in [0.717, 1.165) is 12.1 Å². The molecular weight excluding hydrogens is 256 g/mol. The van der Waals surface area contributed by atoms with Gasteiger partial charge in [0.15, 0.2) is 11.6 Å². The third-order valence-corrected chi connectivity index (χ3v) is 3.04. The summed E-state index contributed by atoms with van der Waals surface area (Å²) in [5.41, 5.74) is 0.398. The first kappa shape index (κ1) is 13.5. The van der Waals surface area contributed by atoms with Gasteiger partial charge in [-0.2, -0.15) is 0 Å². The molecule has 1 heterocycles. The first-order valence-corrected chi connectivity index (χ1v) is 5.94. The lowest BCUT2D eigenvalue weighted by Gasteiger charge is -2.17. The van der Waals surface area contributed by atoms with E-state index in [4.69, 9.17) is 4.74 Å². The Hall–Kier alpha value is -1.98. The minimum Gasteiger partial charge on any atom is -0.464 e. The van der Waals surface area contributed by atoms with Crippen molar-refractivity contribution in [1.82, 2.24) is 5.32 Å². The standard InChI is InChI=1S/C13H13F2NO3/c1-2-19-13(18)12-8(6-11(17)16-12)7-3-4-9(14)10(15)5-7/h3-5,8,12H,2,6H2,1H3,(H,16,17). The van der Waals surface area contributed by atoms with Gasteiger partial charge in [-0.25, -0.2) is 13.6 Å². The molecule has 1 aromatic carbocycles. The van der Waals surface area contributed by atoms with Gasteiger partial charge in [-0.15, -0.1) is 0 Å². The monoisotopic (exact) mass is 269 g/mol. The molecular formula is C13H13F2NO3. The SMILES string of the molecule is CCOC(=O)C1NC(=O)CC1c1ccc(F)c(F)c1. The Balaban J connectivity index is 2.27. The van der Waals surface area contributed by atoms with Gasteiger partial charge in [-0.05, 0) is 24.6 Å². The van der Waals surface area contributed by atoms with Crippen molar-refractivity contribution in [2.75, 3.05) is 6.61 Å². The Labute approximate surface area is 108 Å². The van der Waals surface area contributed by atoms with Gasteiger partial charge < -0.3 is 10.1 Å². The van der Waals surface area contributed by atoms with Crippen molar-refractivity contribution in [3.05, 3.63) is 35.4 Å². The first-order chi connectivity index (χ1) is 9.02. The van der Waals surface area contributed by atoms with Crippen molar-refractivity contribution < 1.29 is 23.1 Å². The smallest absolute Gasteiger partial charge is 0.329 e. The summed E-state index contributed by atoms with van der Waals surface area (Å²) < 4.78 is 31.0. The lowest BCUT2D eigenvalue weighted by molar-refractivity contribution is -0.146. The summed E-state index contributed by atoms with van der Waals surface area (Å²) in [4.78, 5) is 23.1. The number of carbonyl (C=O) groups is 2. The van der Waals surface area contributed by atoms with E-state index >= 15 is 0 Å². The van der Waals surface area contributed by atoms with Gasteiger partial charge in [-0.1, -0.05) is 6.07 Å². The average Bonchev–Trinajstić information content (AvgIpc) is 2.75. The van der Waals surface area contributed by atoms with E-state index in [1.165, 1.54) is 6.07 Å². The Bertz CT molecular complexity index is 519. The minimum atomic E-state index is -1.00. The van der Waals surface area contributed by atoms with Gasteiger partial charge in [0.1, 0.15) is 6.04 Å². The number of amides is 1. The number of ether oxygens (including phenoxy) is 1. The quantitative estimate of drug-likeness (QED) is 0.846. The molecule has 0 saturated carbocycles. The molecule has 0 bridgehead atoms. The molecule has 0 aliphatic carbocycles. The lowest BCUT2D eigenvalue weighted by atomic mass is 9.92. The zero-order valence-corrected chi connectivity index (χ0v) is 10.3. The fourth-order valence-electron chi connectivity index (χ4n) is 2.16. The van der Waals surface area contributed by atoms with Crippen molar-refractivity contribution in [2.24, 2.45) is 0 Å². The number of benzene rings is 1. The fourth-order valence-corrected chi connectivity index (χ4v) is 2.16. The van der Waals surface area contributed by atoms with Crippen LogP contribution in [0.3, 0.4) is 0 Å². The number of carbonyl (C=O) groups excluding carboxylic acids is 2. The number of esters is 1. The van der Waals surface area contributed by atoms with Crippen molar-refractivity contribution in [1.29, 1.82) is 0 Å². The summed E-state index contributed by atoms with van der Waals surface area (Å²) in [5, 5.41) is 2.49. The fraction of sp³-hybridized carbons (Fsp3) is 0.385. The highest BCUT2D eigenvalue weighted by Gasteiger charge is 2.39. The maximum absolute atomic E-state index is 13.2. The summed E-state index contributed by atoms with van der Waals surface area (Å²) in [6, 6.07) is 2.51. The highest BCUT2D eigenvalue weighted by Crippen LogP contribution is 2.30. The molecule has 1 aliphatic rings. The third-order valence-electron chi connectivity index (χ3n) is 3.04. The summed E-state index contributed by atoms with van der Waals surface area (Å²) in [7, 11) is 0. The van der Waals surface area contributed by atoms with E-state index in [9.17, 15) is 18.4 Å².